The number of carbonyl (C=O) groups is 1. The lowest BCUT2D eigenvalue weighted by Crippen LogP contribution is -2.35. The first-order chi connectivity index (χ1) is 16.6. The van der Waals surface area contributed by atoms with E-state index in [2.05, 4.69) is 15.4 Å². The third-order valence-electron chi connectivity index (χ3n) is 5.68. The van der Waals surface area contributed by atoms with Crippen molar-refractivity contribution in [2.24, 2.45) is 0 Å². The van der Waals surface area contributed by atoms with Gasteiger partial charge in [0, 0.05) is 24.0 Å². The molecular weight excluding hydrogens is 430 g/mol. The van der Waals surface area contributed by atoms with Crippen LogP contribution in [-0.2, 0) is 22.9 Å². The van der Waals surface area contributed by atoms with Gasteiger partial charge in [0.2, 0.25) is 5.88 Å². The second-order valence-corrected chi connectivity index (χ2v) is 9.52. The number of pyridine rings is 1. The molecule has 9 nitrogen and oxygen atoms in total. The van der Waals surface area contributed by atoms with Crippen LogP contribution >= 0.6 is 0 Å². The van der Waals surface area contributed by atoms with Gasteiger partial charge in [-0.1, -0.05) is 12.1 Å². The SMILES string of the molecule is [2H]C([2H])([2H])Oc1cc(-c2ccc3c(c2NC(=O)NS(=O)(=O)c2ccn(C4CC4)n2)CCC3)ccn1. The van der Waals surface area contributed by atoms with Gasteiger partial charge < -0.3 is 10.1 Å². The summed E-state index contributed by atoms with van der Waals surface area (Å²) in [5.41, 5.74) is 3.58. The van der Waals surface area contributed by atoms with Crippen molar-refractivity contribution in [3.05, 3.63) is 53.9 Å². The Bertz CT molecular complexity index is 1400. The Morgan fingerprint density at radius 3 is 2.94 bits per heavy atom. The van der Waals surface area contributed by atoms with Gasteiger partial charge in [0.1, 0.15) is 0 Å². The molecule has 2 heterocycles. The predicted octanol–water partition coefficient (Wildman–Crippen LogP) is 3.29. The highest BCUT2D eigenvalue weighted by atomic mass is 32.2. The van der Waals surface area contributed by atoms with Gasteiger partial charge in [-0.3, -0.25) is 4.68 Å². The summed E-state index contributed by atoms with van der Waals surface area (Å²) in [4.78, 5) is 16.8. The number of aromatic nitrogens is 3. The minimum Gasteiger partial charge on any atom is -0.481 e. The maximum absolute atomic E-state index is 12.8. The van der Waals surface area contributed by atoms with Crippen molar-refractivity contribution in [1.82, 2.24) is 19.5 Å². The molecule has 10 heteroatoms. The van der Waals surface area contributed by atoms with E-state index in [9.17, 15) is 13.2 Å². The van der Waals surface area contributed by atoms with Gasteiger partial charge in [0.05, 0.1) is 22.9 Å². The number of rotatable bonds is 6. The van der Waals surface area contributed by atoms with Gasteiger partial charge >= 0.3 is 6.03 Å². The van der Waals surface area contributed by atoms with E-state index in [1.807, 2.05) is 10.8 Å². The molecule has 5 rings (SSSR count). The number of aryl methyl sites for hydroxylation is 1. The second kappa shape index (κ2) is 7.94. The van der Waals surface area contributed by atoms with E-state index in [-0.39, 0.29) is 16.9 Å². The molecule has 2 aliphatic rings. The molecule has 1 aromatic carbocycles. The molecular formula is C22H23N5O4S. The van der Waals surface area contributed by atoms with Crippen molar-refractivity contribution in [2.75, 3.05) is 12.4 Å². The standard InChI is InChI=1S/C22H23N5O4S/c1-31-19-13-15(9-11-23-19)18-8-5-14-3-2-4-17(14)21(18)24-22(28)26-32(29,30)20-10-12-27(25-20)16-6-7-16/h5,8-13,16H,2-4,6-7H2,1H3,(H2,24,26,28)/i1D3. The van der Waals surface area contributed by atoms with Crippen LogP contribution in [0.15, 0.2) is 47.8 Å². The Morgan fingerprint density at radius 2 is 2.12 bits per heavy atom. The molecule has 32 heavy (non-hydrogen) atoms. The van der Waals surface area contributed by atoms with Crippen LogP contribution in [0.2, 0.25) is 0 Å². The van der Waals surface area contributed by atoms with Crippen molar-refractivity contribution >= 4 is 21.7 Å². The number of carbonyl (C=O) groups excluding carboxylic acids is 1. The fourth-order valence-corrected chi connectivity index (χ4v) is 4.84. The highest BCUT2D eigenvalue weighted by Crippen LogP contribution is 2.38. The van der Waals surface area contributed by atoms with Gasteiger partial charge in [0.25, 0.3) is 10.0 Å². The molecule has 2 aromatic heterocycles. The molecule has 0 radical (unpaired) electrons. The number of amides is 2. The molecule has 2 N–H and O–H groups in total. The summed E-state index contributed by atoms with van der Waals surface area (Å²) in [6.07, 6.45) is 7.35. The maximum atomic E-state index is 12.8. The van der Waals surface area contributed by atoms with Gasteiger partial charge in [-0.15, -0.1) is 0 Å². The third-order valence-corrected chi connectivity index (χ3v) is 6.90. The average Bonchev–Trinajstić information content (AvgIpc) is 3.29. The smallest absolute Gasteiger partial charge is 0.333 e. The number of ether oxygens (including phenoxy) is 1. The van der Waals surface area contributed by atoms with E-state index in [0.29, 0.717) is 23.2 Å². The molecule has 1 fully saturated rings. The molecule has 3 aromatic rings. The van der Waals surface area contributed by atoms with Crippen LogP contribution in [0.1, 0.15) is 40.5 Å². The zero-order chi connectivity index (χ0) is 24.8. The van der Waals surface area contributed by atoms with E-state index in [0.717, 1.165) is 36.8 Å². The molecule has 2 aliphatic carbocycles. The van der Waals surface area contributed by atoms with Crippen LogP contribution in [0, 0.1) is 0 Å². The molecule has 0 saturated heterocycles. The summed E-state index contributed by atoms with van der Waals surface area (Å²) in [6.45, 7) is 0. The van der Waals surface area contributed by atoms with Crippen LogP contribution in [0.5, 0.6) is 5.88 Å². The molecule has 0 atom stereocenters. The van der Waals surface area contributed by atoms with E-state index < -0.39 is 23.1 Å². The van der Waals surface area contributed by atoms with E-state index in [4.69, 9.17) is 8.85 Å². The summed E-state index contributed by atoms with van der Waals surface area (Å²) >= 11 is 0. The van der Waals surface area contributed by atoms with Crippen molar-refractivity contribution in [3.8, 4) is 17.0 Å². The zero-order valence-electron chi connectivity index (χ0n) is 20.0. The number of fused-ring (bicyclic) bond motifs is 1. The highest BCUT2D eigenvalue weighted by Gasteiger charge is 2.28. The van der Waals surface area contributed by atoms with E-state index in [1.165, 1.54) is 18.3 Å². The number of hydrogen-bond donors (Lipinski definition) is 2. The number of hydrogen-bond acceptors (Lipinski definition) is 6. The summed E-state index contributed by atoms with van der Waals surface area (Å²) in [5.74, 6) is -0.0905. The normalized spacial score (nSPS) is 17.1. The lowest BCUT2D eigenvalue weighted by atomic mass is 9.98. The quantitative estimate of drug-likeness (QED) is 0.588. The van der Waals surface area contributed by atoms with E-state index in [1.54, 1.807) is 23.0 Å². The minimum atomic E-state index is -4.17. The molecule has 0 spiro atoms. The average molecular weight is 457 g/mol. The molecule has 0 unspecified atom stereocenters. The second-order valence-electron chi connectivity index (χ2n) is 7.89. The number of sulfonamides is 1. The topological polar surface area (TPSA) is 115 Å². The number of nitrogens with one attached hydrogen (secondary N) is 2. The number of anilines is 1. The number of nitrogens with zero attached hydrogens (tertiary/aromatic N) is 3. The number of urea groups is 1. The predicted molar refractivity (Wildman–Crippen MR) is 118 cm³/mol. The maximum Gasteiger partial charge on any atom is 0.333 e. The van der Waals surface area contributed by atoms with Crippen molar-refractivity contribution in [3.63, 3.8) is 0 Å². The summed E-state index contributed by atoms with van der Waals surface area (Å²) < 4.78 is 55.9. The summed E-state index contributed by atoms with van der Waals surface area (Å²) in [6, 6.07) is 7.54. The lowest BCUT2D eigenvalue weighted by molar-refractivity contribution is 0.256. The number of methoxy groups -OCH3 is 1. The van der Waals surface area contributed by atoms with Gasteiger partial charge in [0.15, 0.2) is 5.03 Å². The lowest BCUT2D eigenvalue weighted by Gasteiger charge is -2.17. The largest absolute Gasteiger partial charge is 0.481 e. The third kappa shape index (κ3) is 3.93. The Hall–Kier alpha value is -3.40. The fourth-order valence-electron chi connectivity index (χ4n) is 4.00. The van der Waals surface area contributed by atoms with Crippen LogP contribution in [-0.4, -0.2) is 36.3 Å². The van der Waals surface area contributed by atoms with Gasteiger partial charge in [-0.2, -0.15) is 13.5 Å². The molecule has 0 bridgehead atoms. The van der Waals surface area contributed by atoms with Gasteiger partial charge in [-0.05, 0) is 60.9 Å². The molecule has 2 amide bonds. The molecule has 0 aliphatic heterocycles. The molecule has 1 saturated carbocycles. The summed E-state index contributed by atoms with van der Waals surface area (Å²) in [5, 5.41) is 6.57. The minimum absolute atomic E-state index is 0.0905. The van der Waals surface area contributed by atoms with Crippen molar-refractivity contribution in [1.29, 1.82) is 0 Å². The summed E-state index contributed by atoms with van der Waals surface area (Å²) in [7, 11) is -6.83. The first kappa shape index (κ1) is 17.2. The van der Waals surface area contributed by atoms with Crippen molar-refractivity contribution < 1.29 is 22.1 Å². The Balaban J connectivity index is 1.43. The molecule has 166 valence electrons. The monoisotopic (exact) mass is 456 g/mol. The van der Waals surface area contributed by atoms with Crippen LogP contribution in [0.25, 0.3) is 11.1 Å². The Morgan fingerprint density at radius 1 is 1.25 bits per heavy atom. The van der Waals surface area contributed by atoms with Gasteiger partial charge in [-0.25, -0.2) is 14.5 Å². The van der Waals surface area contributed by atoms with Crippen LogP contribution in [0.3, 0.4) is 0 Å². The number of benzene rings is 1. The van der Waals surface area contributed by atoms with Crippen LogP contribution in [0.4, 0.5) is 10.5 Å². The first-order valence-electron chi connectivity index (χ1n) is 11.8. The fraction of sp³-hybridized carbons (Fsp3) is 0.318. The van der Waals surface area contributed by atoms with E-state index >= 15 is 0 Å². The first-order valence-corrected chi connectivity index (χ1v) is 11.8. The zero-order valence-corrected chi connectivity index (χ0v) is 17.9. The van der Waals surface area contributed by atoms with Crippen LogP contribution < -0.4 is 14.8 Å². The Kier molecular flexibility index (Phi) is 4.26. The van der Waals surface area contributed by atoms with Crippen molar-refractivity contribution in [2.45, 2.75) is 43.2 Å². The highest BCUT2D eigenvalue weighted by molar-refractivity contribution is 7.90. The Labute approximate surface area is 190 Å².